The average Bonchev–Trinajstić information content (AvgIpc) is 2.35. The fourth-order valence-corrected chi connectivity index (χ4v) is 3.65. The van der Waals surface area contributed by atoms with Crippen molar-refractivity contribution in [3.8, 4) is 0 Å². The Morgan fingerprint density at radius 3 is 2.43 bits per heavy atom. The summed E-state index contributed by atoms with van der Waals surface area (Å²) in [5, 5.41) is 2.90. The predicted octanol–water partition coefficient (Wildman–Crippen LogP) is 2.21. The van der Waals surface area contributed by atoms with Gasteiger partial charge < -0.3 is 10.2 Å². The summed E-state index contributed by atoms with van der Waals surface area (Å²) in [5.41, 5.74) is 0.762. The van der Waals surface area contributed by atoms with E-state index in [1.54, 1.807) is 31.1 Å². The zero-order chi connectivity index (χ0) is 15.8. The van der Waals surface area contributed by atoms with Crippen LogP contribution < -0.4 is 10.2 Å². The van der Waals surface area contributed by atoms with Crippen molar-refractivity contribution in [2.75, 3.05) is 19.0 Å². The van der Waals surface area contributed by atoms with Crippen LogP contribution in [-0.4, -0.2) is 34.5 Å². The van der Waals surface area contributed by atoms with Crippen molar-refractivity contribution in [2.45, 2.75) is 30.7 Å². The first-order valence-electron chi connectivity index (χ1n) is 6.75. The van der Waals surface area contributed by atoms with Gasteiger partial charge in [-0.3, -0.25) is 4.79 Å². The maximum atomic E-state index is 12.2. The highest BCUT2D eigenvalue weighted by molar-refractivity contribution is 8.13. The largest absolute Gasteiger partial charge is 0.377 e. The van der Waals surface area contributed by atoms with Crippen molar-refractivity contribution in [1.82, 2.24) is 5.32 Å². The molecule has 1 saturated carbocycles. The zero-order valence-electron chi connectivity index (χ0n) is 12.3. The number of halogens is 1. The fourth-order valence-electron chi connectivity index (χ4n) is 2.51. The van der Waals surface area contributed by atoms with Crippen LogP contribution in [0.4, 0.5) is 5.69 Å². The molecule has 0 spiro atoms. The van der Waals surface area contributed by atoms with Crippen molar-refractivity contribution < 1.29 is 13.2 Å². The van der Waals surface area contributed by atoms with E-state index in [1.807, 2.05) is 0 Å². The molecule has 1 amide bonds. The molecule has 0 heterocycles. The standard InChI is InChI=1S/C14H19ClN2O3S/c1-9-6-11(7-9)16-14(18)10-4-5-12(17(2)3)13(8-10)21(15,19)20/h4-5,8-9,11H,6-7H2,1-3H3,(H,16,18). The number of hydrogen-bond acceptors (Lipinski definition) is 4. The van der Waals surface area contributed by atoms with Crippen molar-refractivity contribution >= 4 is 31.3 Å². The fraction of sp³-hybridized carbons (Fsp3) is 0.500. The van der Waals surface area contributed by atoms with E-state index in [4.69, 9.17) is 10.7 Å². The monoisotopic (exact) mass is 330 g/mol. The lowest BCUT2D eigenvalue weighted by atomic mass is 9.82. The second-order valence-electron chi connectivity index (χ2n) is 5.76. The molecule has 1 fully saturated rings. The summed E-state index contributed by atoms with van der Waals surface area (Å²) >= 11 is 0. The summed E-state index contributed by atoms with van der Waals surface area (Å²) in [4.78, 5) is 13.7. The molecular weight excluding hydrogens is 312 g/mol. The van der Waals surface area contributed by atoms with Crippen molar-refractivity contribution in [1.29, 1.82) is 0 Å². The van der Waals surface area contributed by atoms with Gasteiger partial charge in [0.25, 0.3) is 15.0 Å². The molecule has 21 heavy (non-hydrogen) atoms. The first kappa shape index (κ1) is 16.1. The number of carbonyl (C=O) groups is 1. The smallest absolute Gasteiger partial charge is 0.263 e. The van der Waals surface area contributed by atoms with Crippen LogP contribution in [0.5, 0.6) is 0 Å². The SMILES string of the molecule is CC1CC(NC(=O)c2ccc(N(C)C)c(S(=O)(=O)Cl)c2)C1. The maximum Gasteiger partial charge on any atom is 0.263 e. The Morgan fingerprint density at radius 1 is 1.33 bits per heavy atom. The van der Waals surface area contributed by atoms with Crippen LogP contribution in [0.25, 0.3) is 0 Å². The molecule has 7 heteroatoms. The van der Waals surface area contributed by atoms with Gasteiger partial charge in [0.1, 0.15) is 4.90 Å². The third kappa shape index (κ3) is 3.68. The van der Waals surface area contributed by atoms with Crippen LogP contribution in [0.15, 0.2) is 23.1 Å². The van der Waals surface area contributed by atoms with Crippen LogP contribution in [0.3, 0.4) is 0 Å². The van der Waals surface area contributed by atoms with Gasteiger partial charge in [-0.05, 0) is 37.0 Å². The van der Waals surface area contributed by atoms with Crippen LogP contribution >= 0.6 is 10.7 Å². The van der Waals surface area contributed by atoms with E-state index in [-0.39, 0.29) is 16.8 Å². The number of benzene rings is 1. The highest BCUT2D eigenvalue weighted by atomic mass is 35.7. The average molecular weight is 331 g/mol. The van der Waals surface area contributed by atoms with Crippen molar-refractivity contribution in [3.05, 3.63) is 23.8 Å². The molecule has 0 aromatic heterocycles. The minimum atomic E-state index is -3.91. The first-order chi connectivity index (χ1) is 9.68. The number of nitrogens with zero attached hydrogens (tertiary/aromatic N) is 1. The lowest BCUT2D eigenvalue weighted by molar-refractivity contribution is 0.0896. The highest BCUT2D eigenvalue weighted by Crippen LogP contribution is 2.29. The third-order valence-electron chi connectivity index (χ3n) is 3.68. The number of nitrogens with one attached hydrogen (secondary N) is 1. The third-order valence-corrected chi connectivity index (χ3v) is 5.03. The Balaban J connectivity index is 2.27. The summed E-state index contributed by atoms with van der Waals surface area (Å²) < 4.78 is 23.3. The molecule has 0 radical (unpaired) electrons. The molecule has 1 aromatic carbocycles. The van der Waals surface area contributed by atoms with Crippen LogP contribution in [0.1, 0.15) is 30.1 Å². The van der Waals surface area contributed by atoms with Gasteiger partial charge in [-0.15, -0.1) is 0 Å². The Kier molecular flexibility index (Phi) is 4.49. The predicted molar refractivity (Wildman–Crippen MR) is 83.5 cm³/mol. The van der Waals surface area contributed by atoms with E-state index < -0.39 is 9.05 Å². The lowest BCUT2D eigenvalue weighted by Crippen LogP contribution is -2.43. The van der Waals surface area contributed by atoms with Gasteiger partial charge in [-0.1, -0.05) is 6.92 Å². The molecule has 0 aliphatic heterocycles. The maximum absolute atomic E-state index is 12.2. The normalized spacial score (nSPS) is 21.5. The second-order valence-corrected chi connectivity index (χ2v) is 8.30. The molecule has 1 aliphatic carbocycles. The van der Waals surface area contributed by atoms with Gasteiger partial charge in [0.15, 0.2) is 0 Å². The summed E-state index contributed by atoms with van der Waals surface area (Å²) in [7, 11) is 4.99. The van der Waals surface area contributed by atoms with Gasteiger partial charge in [0, 0.05) is 36.4 Å². The summed E-state index contributed by atoms with van der Waals surface area (Å²) in [5.74, 6) is 0.365. The Bertz CT molecular complexity index is 652. The molecule has 116 valence electrons. The Labute approximate surface area is 129 Å². The Hall–Kier alpha value is -1.27. The molecule has 0 atom stereocenters. The second kappa shape index (κ2) is 5.85. The van der Waals surface area contributed by atoms with Crippen LogP contribution in [-0.2, 0) is 9.05 Å². The van der Waals surface area contributed by atoms with E-state index in [0.29, 0.717) is 17.2 Å². The number of anilines is 1. The minimum absolute atomic E-state index is 0.0520. The summed E-state index contributed by atoms with van der Waals surface area (Å²) in [6.45, 7) is 2.13. The molecule has 1 aromatic rings. The molecule has 0 saturated heterocycles. The van der Waals surface area contributed by atoms with E-state index in [0.717, 1.165) is 12.8 Å². The quantitative estimate of drug-likeness (QED) is 0.860. The lowest BCUT2D eigenvalue weighted by Gasteiger charge is -2.33. The van der Waals surface area contributed by atoms with Gasteiger partial charge in [0.05, 0.1) is 5.69 Å². The summed E-state index contributed by atoms with van der Waals surface area (Å²) in [6.07, 6.45) is 1.92. The van der Waals surface area contributed by atoms with E-state index >= 15 is 0 Å². The number of carbonyl (C=O) groups excluding carboxylic acids is 1. The Morgan fingerprint density at radius 2 is 1.95 bits per heavy atom. The molecule has 1 N–H and O–H groups in total. The minimum Gasteiger partial charge on any atom is -0.377 e. The topological polar surface area (TPSA) is 66.5 Å². The van der Waals surface area contributed by atoms with E-state index in [1.165, 1.54) is 6.07 Å². The zero-order valence-corrected chi connectivity index (χ0v) is 13.8. The van der Waals surface area contributed by atoms with E-state index in [9.17, 15) is 13.2 Å². The van der Waals surface area contributed by atoms with Crippen molar-refractivity contribution in [2.24, 2.45) is 5.92 Å². The highest BCUT2D eigenvalue weighted by Gasteiger charge is 2.27. The number of rotatable bonds is 4. The molecule has 1 aliphatic rings. The van der Waals surface area contributed by atoms with Crippen molar-refractivity contribution in [3.63, 3.8) is 0 Å². The van der Waals surface area contributed by atoms with Crippen LogP contribution in [0, 0.1) is 5.92 Å². The van der Waals surface area contributed by atoms with Gasteiger partial charge in [-0.2, -0.15) is 0 Å². The molecular formula is C14H19ClN2O3S. The number of amides is 1. The summed E-state index contributed by atoms with van der Waals surface area (Å²) in [6, 6.07) is 4.71. The van der Waals surface area contributed by atoms with Gasteiger partial charge >= 0.3 is 0 Å². The van der Waals surface area contributed by atoms with E-state index in [2.05, 4.69) is 12.2 Å². The molecule has 0 bridgehead atoms. The van der Waals surface area contributed by atoms with Gasteiger partial charge in [-0.25, -0.2) is 8.42 Å². The van der Waals surface area contributed by atoms with Gasteiger partial charge in [0.2, 0.25) is 0 Å². The molecule has 5 nitrogen and oxygen atoms in total. The first-order valence-corrected chi connectivity index (χ1v) is 9.06. The number of hydrogen-bond donors (Lipinski definition) is 1. The molecule has 0 unspecified atom stereocenters. The van der Waals surface area contributed by atoms with Crippen LogP contribution in [0.2, 0.25) is 0 Å². The molecule has 2 rings (SSSR count).